The van der Waals surface area contributed by atoms with E-state index >= 15 is 0 Å². The van der Waals surface area contributed by atoms with Crippen LogP contribution in [0.25, 0.3) is 10.9 Å². The monoisotopic (exact) mass is 446 g/mol. The van der Waals surface area contributed by atoms with Gasteiger partial charge >= 0.3 is 0 Å². The van der Waals surface area contributed by atoms with Crippen molar-refractivity contribution in [1.82, 2.24) is 19.7 Å². The number of amides is 1. The molecule has 4 rings (SSSR count). The van der Waals surface area contributed by atoms with E-state index in [9.17, 15) is 4.79 Å². The summed E-state index contributed by atoms with van der Waals surface area (Å²) in [5, 5.41) is 1.22. The Morgan fingerprint density at radius 2 is 1.70 bits per heavy atom. The molecule has 0 radical (unpaired) electrons. The number of likely N-dealkylation sites (N-methyl/N-ethyl adjacent to an activating group) is 1. The molecule has 0 bridgehead atoms. The standard InChI is InChI=1S/C28H38N4O/c1-22(25-21-29-26-13-9-8-12-24(25)26)20-27(33)31(4)18-19-32-16-14-28(15-17-32,30(2)3)23-10-6-5-7-11-23/h5-13,21-22,29H,14-20H2,1-4H3. The lowest BCUT2D eigenvalue weighted by Gasteiger charge is -2.47. The highest BCUT2D eigenvalue weighted by molar-refractivity contribution is 5.85. The third-order valence-corrected chi connectivity index (χ3v) is 7.66. The number of carbonyl (C=O) groups is 1. The second kappa shape index (κ2) is 10.1. The summed E-state index contributed by atoms with van der Waals surface area (Å²) < 4.78 is 0. The first-order valence-electron chi connectivity index (χ1n) is 12.2. The number of hydrogen-bond acceptors (Lipinski definition) is 3. The van der Waals surface area contributed by atoms with E-state index in [4.69, 9.17) is 0 Å². The molecule has 1 aliphatic rings. The Labute approximate surface area is 198 Å². The van der Waals surface area contributed by atoms with E-state index in [2.05, 4.69) is 90.5 Å². The molecule has 5 nitrogen and oxygen atoms in total. The minimum atomic E-state index is 0.105. The summed E-state index contributed by atoms with van der Waals surface area (Å²) in [6.45, 7) is 5.97. The van der Waals surface area contributed by atoms with Gasteiger partial charge < -0.3 is 14.8 Å². The van der Waals surface area contributed by atoms with Gasteiger partial charge in [-0.3, -0.25) is 9.69 Å². The van der Waals surface area contributed by atoms with Crippen LogP contribution in [0.15, 0.2) is 60.8 Å². The smallest absolute Gasteiger partial charge is 0.222 e. The molecule has 1 N–H and O–H groups in total. The van der Waals surface area contributed by atoms with Crippen molar-refractivity contribution in [3.63, 3.8) is 0 Å². The van der Waals surface area contributed by atoms with Gasteiger partial charge in [0.25, 0.3) is 0 Å². The van der Waals surface area contributed by atoms with Crippen LogP contribution in [0.5, 0.6) is 0 Å². The molecule has 33 heavy (non-hydrogen) atoms. The average molecular weight is 447 g/mol. The lowest BCUT2D eigenvalue weighted by atomic mass is 9.80. The van der Waals surface area contributed by atoms with Crippen molar-refractivity contribution in [3.05, 3.63) is 71.9 Å². The number of likely N-dealkylation sites (tertiary alicyclic amines) is 1. The molecule has 2 heterocycles. The van der Waals surface area contributed by atoms with Crippen molar-refractivity contribution in [3.8, 4) is 0 Å². The van der Waals surface area contributed by atoms with Crippen molar-refractivity contribution in [2.75, 3.05) is 47.3 Å². The quantitative estimate of drug-likeness (QED) is 0.547. The van der Waals surface area contributed by atoms with Gasteiger partial charge in [0.05, 0.1) is 0 Å². The minimum absolute atomic E-state index is 0.105. The van der Waals surface area contributed by atoms with Crippen LogP contribution in [0.1, 0.15) is 43.2 Å². The van der Waals surface area contributed by atoms with E-state index < -0.39 is 0 Å². The number of fused-ring (bicyclic) bond motifs is 1. The molecule has 2 aromatic carbocycles. The van der Waals surface area contributed by atoms with E-state index in [1.165, 1.54) is 16.5 Å². The number of aromatic amines is 1. The summed E-state index contributed by atoms with van der Waals surface area (Å²) in [5.41, 5.74) is 3.88. The first kappa shape index (κ1) is 23.5. The van der Waals surface area contributed by atoms with E-state index in [0.29, 0.717) is 6.42 Å². The molecular formula is C28H38N4O. The van der Waals surface area contributed by atoms with Crippen molar-refractivity contribution in [2.45, 2.75) is 37.6 Å². The van der Waals surface area contributed by atoms with E-state index in [1.807, 2.05) is 18.0 Å². The third-order valence-electron chi connectivity index (χ3n) is 7.66. The Morgan fingerprint density at radius 1 is 1.03 bits per heavy atom. The molecule has 1 aromatic heterocycles. The lowest BCUT2D eigenvalue weighted by molar-refractivity contribution is -0.130. The zero-order valence-corrected chi connectivity index (χ0v) is 20.6. The number of piperidine rings is 1. The molecule has 3 aromatic rings. The van der Waals surface area contributed by atoms with Gasteiger partial charge in [-0.1, -0.05) is 55.5 Å². The Hall–Kier alpha value is -2.63. The first-order chi connectivity index (χ1) is 15.9. The molecule has 1 unspecified atom stereocenters. The molecular weight excluding hydrogens is 408 g/mol. The van der Waals surface area contributed by atoms with Gasteiger partial charge in [0.15, 0.2) is 0 Å². The summed E-state index contributed by atoms with van der Waals surface area (Å²) >= 11 is 0. The largest absolute Gasteiger partial charge is 0.361 e. The number of nitrogens with one attached hydrogen (secondary N) is 1. The predicted octanol–water partition coefficient (Wildman–Crippen LogP) is 4.67. The molecule has 176 valence electrons. The topological polar surface area (TPSA) is 42.6 Å². The summed E-state index contributed by atoms with van der Waals surface area (Å²) in [6, 6.07) is 19.2. The highest BCUT2D eigenvalue weighted by Gasteiger charge is 2.38. The average Bonchev–Trinajstić information content (AvgIpc) is 3.27. The van der Waals surface area contributed by atoms with E-state index in [1.54, 1.807) is 0 Å². The molecule has 1 fully saturated rings. The molecule has 5 heteroatoms. The van der Waals surface area contributed by atoms with Gasteiger partial charge in [0.2, 0.25) is 5.91 Å². The number of aromatic nitrogens is 1. The highest BCUT2D eigenvalue weighted by atomic mass is 16.2. The van der Waals surface area contributed by atoms with Gasteiger partial charge in [-0.25, -0.2) is 0 Å². The van der Waals surface area contributed by atoms with Crippen LogP contribution in [-0.4, -0.2) is 72.9 Å². The van der Waals surface area contributed by atoms with Crippen molar-refractivity contribution < 1.29 is 4.79 Å². The summed E-state index contributed by atoms with van der Waals surface area (Å²) in [5.74, 6) is 0.411. The van der Waals surface area contributed by atoms with Crippen molar-refractivity contribution in [2.24, 2.45) is 0 Å². The zero-order valence-electron chi connectivity index (χ0n) is 20.6. The van der Waals surface area contributed by atoms with Gasteiger partial charge in [-0.2, -0.15) is 0 Å². The molecule has 0 saturated carbocycles. The zero-order chi connectivity index (χ0) is 23.4. The number of hydrogen-bond donors (Lipinski definition) is 1. The van der Waals surface area contributed by atoms with Gasteiger partial charge in [-0.05, 0) is 50.0 Å². The van der Waals surface area contributed by atoms with Crippen LogP contribution in [0.4, 0.5) is 0 Å². The van der Waals surface area contributed by atoms with Crippen LogP contribution in [0, 0.1) is 0 Å². The van der Waals surface area contributed by atoms with Crippen LogP contribution in [0.2, 0.25) is 0 Å². The number of rotatable bonds is 8. The SMILES string of the molecule is CC(CC(=O)N(C)CCN1CCC(c2ccccc2)(N(C)C)CC1)c1c[nH]c2ccccc12. The van der Waals surface area contributed by atoms with E-state index in [-0.39, 0.29) is 17.4 Å². The normalized spacial score (nSPS) is 17.4. The van der Waals surface area contributed by atoms with Crippen molar-refractivity contribution in [1.29, 1.82) is 0 Å². The van der Waals surface area contributed by atoms with Crippen LogP contribution >= 0.6 is 0 Å². The van der Waals surface area contributed by atoms with Gasteiger partial charge in [0, 0.05) is 62.3 Å². The van der Waals surface area contributed by atoms with Gasteiger partial charge in [0.1, 0.15) is 0 Å². The third kappa shape index (κ3) is 4.99. The molecule has 1 aliphatic heterocycles. The molecule has 1 saturated heterocycles. The summed E-state index contributed by atoms with van der Waals surface area (Å²) in [6.07, 6.45) is 4.81. The molecule has 0 spiro atoms. The Kier molecular flexibility index (Phi) is 7.20. The van der Waals surface area contributed by atoms with E-state index in [0.717, 1.165) is 44.5 Å². The summed E-state index contributed by atoms with van der Waals surface area (Å²) in [4.78, 5) is 23.1. The maximum absolute atomic E-state index is 12.9. The Bertz CT molecular complexity index is 1050. The molecule has 1 amide bonds. The summed E-state index contributed by atoms with van der Waals surface area (Å²) in [7, 11) is 6.34. The number of nitrogens with zero attached hydrogens (tertiary/aromatic N) is 3. The maximum atomic E-state index is 12.9. The van der Waals surface area contributed by atoms with Crippen LogP contribution in [-0.2, 0) is 10.3 Å². The fourth-order valence-electron chi connectivity index (χ4n) is 5.33. The Balaban J connectivity index is 1.28. The number of para-hydroxylation sites is 1. The first-order valence-corrected chi connectivity index (χ1v) is 12.2. The minimum Gasteiger partial charge on any atom is -0.361 e. The maximum Gasteiger partial charge on any atom is 0.222 e. The fourth-order valence-corrected chi connectivity index (χ4v) is 5.33. The number of carbonyl (C=O) groups excluding carboxylic acids is 1. The second-order valence-electron chi connectivity index (χ2n) is 9.84. The predicted molar refractivity (Wildman–Crippen MR) is 136 cm³/mol. The molecule has 1 atom stereocenters. The second-order valence-corrected chi connectivity index (χ2v) is 9.84. The number of benzene rings is 2. The highest BCUT2D eigenvalue weighted by Crippen LogP contribution is 2.37. The Morgan fingerprint density at radius 3 is 2.39 bits per heavy atom. The van der Waals surface area contributed by atoms with Crippen molar-refractivity contribution >= 4 is 16.8 Å². The lowest BCUT2D eigenvalue weighted by Crippen LogP contribution is -2.51. The molecule has 0 aliphatic carbocycles. The fraction of sp³-hybridized carbons (Fsp3) is 0.464. The van der Waals surface area contributed by atoms with Crippen LogP contribution in [0.3, 0.4) is 0 Å². The van der Waals surface area contributed by atoms with Gasteiger partial charge in [-0.15, -0.1) is 0 Å². The van der Waals surface area contributed by atoms with Crippen LogP contribution < -0.4 is 0 Å². The number of H-pyrrole nitrogens is 1.